The van der Waals surface area contributed by atoms with E-state index in [4.69, 9.17) is 24.8 Å². The van der Waals surface area contributed by atoms with E-state index in [1.54, 1.807) is 30.6 Å². The minimum absolute atomic E-state index is 0.326. The van der Waals surface area contributed by atoms with Crippen molar-refractivity contribution in [3.63, 3.8) is 0 Å². The van der Waals surface area contributed by atoms with Gasteiger partial charge in [0.25, 0.3) is 0 Å². The number of phosphoric acid groups is 1. The van der Waals surface area contributed by atoms with Crippen molar-refractivity contribution >= 4 is 13.4 Å². The molecule has 1 aliphatic heterocycles. The average Bonchev–Trinajstić information content (AvgIpc) is 3.08. The standard InChI is InChI=1S/C21H25N4O6P/c1-15(2)7-9-29-21-6-5-16(12-23-21)10-17-11-20(31-24-17)18-4-3-8-25(13-19(18)22)14-30-32(26,27)28/h3-8,11-13H,9-10,14,22H2,1-2H3,(H2,26,27,28). The van der Waals surface area contributed by atoms with Crippen molar-refractivity contribution in [2.24, 2.45) is 5.73 Å². The van der Waals surface area contributed by atoms with Crippen LogP contribution in [0.1, 0.15) is 30.9 Å². The van der Waals surface area contributed by atoms with Gasteiger partial charge in [-0.3, -0.25) is 4.52 Å². The molecule has 0 aromatic carbocycles. The Hall–Kier alpha value is -3.17. The van der Waals surface area contributed by atoms with Gasteiger partial charge in [0.15, 0.2) is 5.76 Å². The molecule has 0 spiro atoms. The summed E-state index contributed by atoms with van der Waals surface area (Å²) in [5.74, 6) is 1.01. The molecule has 0 unspecified atom stereocenters. The van der Waals surface area contributed by atoms with Crippen LogP contribution in [0.25, 0.3) is 5.57 Å². The van der Waals surface area contributed by atoms with Crippen molar-refractivity contribution in [2.45, 2.75) is 20.3 Å². The summed E-state index contributed by atoms with van der Waals surface area (Å²) in [7, 11) is -4.59. The Morgan fingerprint density at radius 2 is 2.16 bits per heavy atom. The number of aromatic nitrogens is 2. The van der Waals surface area contributed by atoms with Gasteiger partial charge in [0.1, 0.15) is 13.3 Å². The molecule has 3 heterocycles. The molecule has 170 valence electrons. The molecule has 2 aromatic heterocycles. The molecule has 0 amide bonds. The third-order valence-electron chi connectivity index (χ3n) is 4.26. The Bertz CT molecular complexity index is 1090. The highest BCUT2D eigenvalue weighted by atomic mass is 31.2. The first kappa shape index (κ1) is 23.5. The van der Waals surface area contributed by atoms with Gasteiger partial charge in [-0.2, -0.15) is 0 Å². The monoisotopic (exact) mass is 460 g/mol. The maximum atomic E-state index is 10.9. The molecular weight excluding hydrogens is 435 g/mol. The molecule has 0 atom stereocenters. The van der Waals surface area contributed by atoms with Crippen molar-refractivity contribution in [1.29, 1.82) is 0 Å². The molecular formula is C21H25N4O6P. The number of hydrogen-bond donors (Lipinski definition) is 3. The number of allylic oxidation sites excluding steroid dienone is 4. The van der Waals surface area contributed by atoms with Crippen LogP contribution in [0.15, 0.2) is 70.8 Å². The van der Waals surface area contributed by atoms with E-state index >= 15 is 0 Å². The zero-order valence-electron chi connectivity index (χ0n) is 17.7. The molecule has 10 nitrogen and oxygen atoms in total. The van der Waals surface area contributed by atoms with Crippen LogP contribution in [0.3, 0.4) is 0 Å². The zero-order chi connectivity index (χ0) is 23.1. The predicted octanol–water partition coefficient (Wildman–Crippen LogP) is 3.09. The van der Waals surface area contributed by atoms with Gasteiger partial charge in [0, 0.05) is 42.7 Å². The number of rotatable bonds is 9. The molecule has 1 aliphatic rings. The first-order valence-corrected chi connectivity index (χ1v) is 11.2. The molecule has 2 aromatic rings. The average molecular weight is 460 g/mol. The van der Waals surface area contributed by atoms with E-state index in [0.717, 1.165) is 5.56 Å². The van der Waals surface area contributed by atoms with Crippen molar-refractivity contribution in [3.8, 4) is 5.88 Å². The minimum atomic E-state index is -4.59. The lowest BCUT2D eigenvalue weighted by molar-refractivity contribution is 0.146. The Labute approximate surface area is 185 Å². The van der Waals surface area contributed by atoms with Gasteiger partial charge in [0.2, 0.25) is 5.88 Å². The lowest BCUT2D eigenvalue weighted by atomic mass is 10.1. The van der Waals surface area contributed by atoms with Gasteiger partial charge in [0.05, 0.1) is 11.4 Å². The molecule has 0 saturated carbocycles. The fourth-order valence-corrected chi connectivity index (χ4v) is 2.99. The predicted molar refractivity (Wildman–Crippen MR) is 118 cm³/mol. The van der Waals surface area contributed by atoms with Crippen molar-refractivity contribution in [3.05, 3.63) is 83.3 Å². The number of nitrogens with two attached hydrogens (primary N) is 1. The van der Waals surface area contributed by atoms with Crippen LogP contribution in [0.2, 0.25) is 0 Å². The quantitative estimate of drug-likeness (QED) is 0.377. The van der Waals surface area contributed by atoms with Gasteiger partial charge in [-0.25, -0.2) is 9.55 Å². The van der Waals surface area contributed by atoms with E-state index in [9.17, 15) is 4.57 Å². The topological polar surface area (TPSA) is 144 Å². The number of hydrogen-bond acceptors (Lipinski definition) is 8. The maximum absolute atomic E-state index is 10.9. The SMILES string of the molecule is CC(C)=CCOc1ccc(Cc2cc(C3=CC=CN(COP(=O)(O)O)C=C3N)on2)cn1. The fraction of sp³-hybridized carbons (Fsp3) is 0.238. The normalized spacial score (nSPS) is 13.9. The summed E-state index contributed by atoms with van der Waals surface area (Å²) in [6.45, 7) is 4.13. The highest BCUT2D eigenvalue weighted by molar-refractivity contribution is 7.46. The molecule has 11 heteroatoms. The minimum Gasteiger partial charge on any atom is -0.473 e. The second-order valence-corrected chi connectivity index (χ2v) is 8.47. The van der Waals surface area contributed by atoms with Crippen molar-refractivity contribution < 1.29 is 28.1 Å². The lowest BCUT2D eigenvalue weighted by Crippen LogP contribution is -2.15. The first-order valence-electron chi connectivity index (χ1n) is 9.68. The highest BCUT2D eigenvalue weighted by Crippen LogP contribution is 2.36. The van der Waals surface area contributed by atoms with E-state index in [1.165, 1.54) is 16.7 Å². The zero-order valence-corrected chi connectivity index (χ0v) is 18.6. The summed E-state index contributed by atoms with van der Waals surface area (Å²) in [6, 6.07) is 5.50. The lowest BCUT2D eigenvalue weighted by Gasteiger charge is -2.16. The Kier molecular flexibility index (Phi) is 7.66. The highest BCUT2D eigenvalue weighted by Gasteiger charge is 2.17. The number of phosphoric ester groups is 1. The summed E-state index contributed by atoms with van der Waals surface area (Å²) in [5, 5.41) is 4.10. The number of pyridine rings is 1. The summed E-state index contributed by atoms with van der Waals surface area (Å²) in [5.41, 5.74) is 9.85. The van der Waals surface area contributed by atoms with Gasteiger partial charge >= 0.3 is 7.82 Å². The second-order valence-electron chi connectivity index (χ2n) is 7.23. The molecule has 3 rings (SSSR count). The smallest absolute Gasteiger partial charge is 0.471 e. The van der Waals surface area contributed by atoms with Gasteiger partial charge in [-0.05, 0) is 37.6 Å². The van der Waals surface area contributed by atoms with Crippen molar-refractivity contribution in [2.75, 3.05) is 13.3 Å². The Morgan fingerprint density at radius 1 is 1.34 bits per heavy atom. The third kappa shape index (κ3) is 7.21. The van der Waals surface area contributed by atoms with E-state index in [0.29, 0.717) is 41.6 Å². The number of nitrogens with zero attached hydrogens (tertiary/aromatic N) is 3. The largest absolute Gasteiger partial charge is 0.473 e. The summed E-state index contributed by atoms with van der Waals surface area (Å²) in [4.78, 5) is 23.4. The summed E-state index contributed by atoms with van der Waals surface area (Å²) >= 11 is 0. The molecule has 0 saturated heterocycles. The second kappa shape index (κ2) is 10.4. The summed E-state index contributed by atoms with van der Waals surface area (Å²) < 4.78 is 26.4. The van der Waals surface area contributed by atoms with Crippen LogP contribution in [0.5, 0.6) is 5.88 Å². The number of ether oxygens (including phenoxy) is 1. The van der Waals surface area contributed by atoms with Gasteiger partial charge < -0.3 is 29.7 Å². The maximum Gasteiger partial charge on any atom is 0.471 e. The van der Waals surface area contributed by atoms with Crippen LogP contribution in [-0.2, 0) is 15.5 Å². The molecule has 0 fully saturated rings. The van der Waals surface area contributed by atoms with Crippen molar-refractivity contribution in [1.82, 2.24) is 15.0 Å². The Balaban J connectivity index is 1.63. The van der Waals surface area contributed by atoms with Crippen LogP contribution in [-0.4, -0.2) is 38.2 Å². The van der Waals surface area contributed by atoms with Crippen LogP contribution in [0.4, 0.5) is 0 Å². The fourth-order valence-electron chi connectivity index (χ4n) is 2.71. The van der Waals surface area contributed by atoms with E-state index < -0.39 is 7.82 Å². The van der Waals surface area contributed by atoms with Crippen LogP contribution >= 0.6 is 7.82 Å². The van der Waals surface area contributed by atoms with Gasteiger partial charge in [-0.15, -0.1) is 0 Å². The molecule has 0 aliphatic carbocycles. The van der Waals surface area contributed by atoms with Crippen LogP contribution in [0, 0.1) is 0 Å². The van der Waals surface area contributed by atoms with Gasteiger partial charge in [-0.1, -0.05) is 16.8 Å². The Morgan fingerprint density at radius 3 is 2.84 bits per heavy atom. The molecule has 32 heavy (non-hydrogen) atoms. The van der Waals surface area contributed by atoms with Crippen LogP contribution < -0.4 is 10.5 Å². The molecule has 0 bridgehead atoms. The van der Waals surface area contributed by atoms with E-state index in [1.807, 2.05) is 32.1 Å². The summed E-state index contributed by atoms with van der Waals surface area (Å²) in [6.07, 6.45) is 10.7. The van der Waals surface area contributed by atoms with E-state index in [-0.39, 0.29) is 6.73 Å². The third-order valence-corrected chi connectivity index (χ3v) is 4.71. The first-order chi connectivity index (χ1) is 15.2. The molecule has 4 N–H and O–H groups in total. The molecule has 0 radical (unpaired) electrons. The van der Waals surface area contributed by atoms with E-state index in [2.05, 4.69) is 14.7 Å².